The Bertz CT molecular complexity index is 869. The quantitative estimate of drug-likeness (QED) is 0.698. The molecule has 3 nitrogen and oxygen atoms in total. The van der Waals surface area contributed by atoms with E-state index in [-0.39, 0.29) is 0 Å². The second kappa shape index (κ2) is 5.65. The first-order chi connectivity index (χ1) is 11.2. The molecule has 0 aliphatic heterocycles. The third kappa shape index (κ3) is 2.56. The van der Waals surface area contributed by atoms with Crippen LogP contribution in [0, 0.1) is 6.92 Å². The molecule has 0 aromatic carbocycles. The van der Waals surface area contributed by atoms with Gasteiger partial charge >= 0.3 is 0 Å². The number of fused-ring (bicyclic) bond motifs is 1. The zero-order chi connectivity index (χ0) is 15.8. The van der Waals surface area contributed by atoms with Crippen LogP contribution in [0.3, 0.4) is 0 Å². The minimum Gasteiger partial charge on any atom is -0.306 e. The Labute approximate surface area is 136 Å². The molecule has 3 heteroatoms. The molecule has 116 valence electrons. The van der Waals surface area contributed by atoms with Crippen LogP contribution in [-0.4, -0.2) is 14.4 Å². The molecule has 4 rings (SSSR count). The third-order valence-corrected chi connectivity index (χ3v) is 4.94. The first-order valence-electron chi connectivity index (χ1n) is 8.32. The molecule has 3 heterocycles. The van der Waals surface area contributed by atoms with Gasteiger partial charge in [0, 0.05) is 41.5 Å². The summed E-state index contributed by atoms with van der Waals surface area (Å²) in [6, 6.07) is 8.49. The summed E-state index contributed by atoms with van der Waals surface area (Å²) in [5.41, 5.74) is 6.53. The lowest BCUT2D eigenvalue weighted by Gasteiger charge is -2.14. The zero-order valence-corrected chi connectivity index (χ0v) is 13.5. The average molecular weight is 303 g/mol. The van der Waals surface area contributed by atoms with E-state index in [0.29, 0.717) is 5.92 Å². The van der Waals surface area contributed by atoms with E-state index in [4.69, 9.17) is 4.98 Å². The third-order valence-electron chi connectivity index (χ3n) is 4.94. The maximum Gasteiger partial charge on any atom is 0.136 e. The standard InChI is InChI=1S/C20H21N3/c1-14(17-7-10-20-21-11-12-23(20)13-17)18-8-9-19(22-15(18)2)16-5-3-4-6-16/h7-13,16H,1,3-6H2,2H3. The van der Waals surface area contributed by atoms with Gasteiger partial charge in [0.05, 0.1) is 0 Å². The molecule has 0 spiro atoms. The van der Waals surface area contributed by atoms with Crippen LogP contribution < -0.4 is 0 Å². The summed E-state index contributed by atoms with van der Waals surface area (Å²) < 4.78 is 2.02. The molecule has 1 fully saturated rings. The predicted molar refractivity (Wildman–Crippen MR) is 93.5 cm³/mol. The first kappa shape index (κ1) is 14.2. The first-order valence-corrected chi connectivity index (χ1v) is 8.32. The average Bonchev–Trinajstić information content (AvgIpc) is 3.24. The summed E-state index contributed by atoms with van der Waals surface area (Å²) >= 11 is 0. The summed E-state index contributed by atoms with van der Waals surface area (Å²) in [4.78, 5) is 9.16. The van der Waals surface area contributed by atoms with Crippen molar-refractivity contribution in [1.29, 1.82) is 0 Å². The van der Waals surface area contributed by atoms with Crippen molar-refractivity contribution in [2.75, 3.05) is 0 Å². The maximum atomic E-state index is 4.87. The summed E-state index contributed by atoms with van der Waals surface area (Å²) in [5.74, 6) is 0.651. The molecule has 0 amide bonds. The van der Waals surface area contributed by atoms with Crippen molar-refractivity contribution in [2.45, 2.75) is 38.5 Å². The Hall–Kier alpha value is -2.42. The minimum absolute atomic E-state index is 0.651. The largest absolute Gasteiger partial charge is 0.306 e. The van der Waals surface area contributed by atoms with Gasteiger partial charge in [-0.15, -0.1) is 0 Å². The minimum atomic E-state index is 0.651. The lowest BCUT2D eigenvalue weighted by Crippen LogP contribution is -2.01. The van der Waals surface area contributed by atoms with E-state index in [0.717, 1.165) is 28.0 Å². The van der Waals surface area contributed by atoms with Gasteiger partial charge in [-0.25, -0.2) is 4.98 Å². The second-order valence-corrected chi connectivity index (χ2v) is 6.44. The fourth-order valence-electron chi connectivity index (χ4n) is 3.60. The van der Waals surface area contributed by atoms with Crippen LogP contribution in [0.5, 0.6) is 0 Å². The van der Waals surface area contributed by atoms with Gasteiger partial charge in [-0.3, -0.25) is 4.98 Å². The molecular formula is C20H21N3. The molecule has 0 N–H and O–H groups in total. The van der Waals surface area contributed by atoms with Gasteiger partial charge in [0.15, 0.2) is 0 Å². The van der Waals surface area contributed by atoms with Crippen molar-refractivity contribution in [1.82, 2.24) is 14.4 Å². The van der Waals surface area contributed by atoms with Crippen LogP contribution in [0.15, 0.2) is 49.4 Å². The monoisotopic (exact) mass is 303 g/mol. The SMILES string of the molecule is C=C(c1ccc2nccn2c1)c1ccc(C2CCCC2)nc1C. The Morgan fingerprint density at radius 1 is 1.17 bits per heavy atom. The van der Waals surface area contributed by atoms with Gasteiger partial charge in [0.1, 0.15) is 5.65 Å². The Morgan fingerprint density at radius 3 is 2.78 bits per heavy atom. The second-order valence-electron chi connectivity index (χ2n) is 6.44. The lowest BCUT2D eigenvalue weighted by molar-refractivity contribution is 0.694. The van der Waals surface area contributed by atoms with Crippen LogP contribution >= 0.6 is 0 Å². The summed E-state index contributed by atoms with van der Waals surface area (Å²) in [6.45, 7) is 6.39. The van der Waals surface area contributed by atoms with Crippen molar-refractivity contribution in [3.63, 3.8) is 0 Å². The fraction of sp³-hybridized carbons (Fsp3) is 0.300. The summed E-state index contributed by atoms with van der Waals surface area (Å²) in [5, 5.41) is 0. The molecule has 0 unspecified atom stereocenters. The van der Waals surface area contributed by atoms with E-state index < -0.39 is 0 Å². The van der Waals surface area contributed by atoms with Crippen LogP contribution in [0.4, 0.5) is 0 Å². The van der Waals surface area contributed by atoms with Crippen molar-refractivity contribution >= 4 is 11.2 Å². The van der Waals surface area contributed by atoms with Gasteiger partial charge in [0.2, 0.25) is 0 Å². The molecule has 0 atom stereocenters. The Kier molecular flexibility index (Phi) is 3.49. The molecular weight excluding hydrogens is 282 g/mol. The molecule has 3 aromatic rings. The molecule has 23 heavy (non-hydrogen) atoms. The predicted octanol–water partition coefficient (Wildman–Crippen LogP) is 4.76. The maximum absolute atomic E-state index is 4.87. The molecule has 1 aliphatic carbocycles. The highest BCUT2D eigenvalue weighted by Gasteiger charge is 2.19. The highest BCUT2D eigenvalue weighted by Crippen LogP contribution is 2.34. The molecule has 0 radical (unpaired) electrons. The number of pyridine rings is 2. The zero-order valence-electron chi connectivity index (χ0n) is 13.5. The van der Waals surface area contributed by atoms with Crippen LogP contribution in [0.1, 0.15) is 54.1 Å². The van der Waals surface area contributed by atoms with Crippen molar-refractivity contribution in [2.24, 2.45) is 0 Å². The normalized spacial score (nSPS) is 15.3. The highest BCUT2D eigenvalue weighted by molar-refractivity contribution is 5.79. The van der Waals surface area contributed by atoms with E-state index in [9.17, 15) is 0 Å². The number of aromatic nitrogens is 3. The van der Waals surface area contributed by atoms with E-state index in [2.05, 4.69) is 42.9 Å². The topological polar surface area (TPSA) is 30.2 Å². The molecule has 1 aliphatic rings. The van der Waals surface area contributed by atoms with Crippen LogP contribution in [-0.2, 0) is 0 Å². The molecule has 3 aromatic heterocycles. The molecule has 0 saturated heterocycles. The van der Waals surface area contributed by atoms with Crippen molar-refractivity contribution < 1.29 is 0 Å². The Balaban J connectivity index is 1.67. The van der Waals surface area contributed by atoms with Crippen molar-refractivity contribution in [3.05, 3.63) is 71.9 Å². The van der Waals surface area contributed by atoms with Gasteiger partial charge in [-0.05, 0) is 49.1 Å². The van der Waals surface area contributed by atoms with E-state index in [1.54, 1.807) is 0 Å². The smallest absolute Gasteiger partial charge is 0.136 e. The number of nitrogens with zero attached hydrogens (tertiary/aromatic N) is 3. The van der Waals surface area contributed by atoms with Gasteiger partial charge < -0.3 is 4.40 Å². The number of hydrogen-bond donors (Lipinski definition) is 0. The molecule has 0 bridgehead atoms. The summed E-state index contributed by atoms with van der Waals surface area (Å²) in [7, 11) is 0. The van der Waals surface area contributed by atoms with Gasteiger partial charge in [0.25, 0.3) is 0 Å². The van der Waals surface area contributed by atoms with Crippen LogP contribution in [0.2, 0.25) is 0 Å². The van der Waals surface area contributed by atoms with E-state index in [1.165, 1.54) is 31.4 Å². The Morgan fingerprint density at radius 2 is 2.00 bits per heavy atom. The molecule has 1 saturated carbocycles. The fourth-order valence-corrected chi connectivity index (χ4v) is 3.60. The number of rotatable bonds is 3. The van der Waals surface area contributed by atoms with E-state index >= 15 is 0 Å². The number of imidazole rings is 1. The van der Waals surface area contributed by atoms with Crippen LogP contribution in [0.25, 0.3) is 11.2 Å². The number of aryl methyl sites for hydroxylation is 1. The number of hydrogen-bond acceptors (Lipinski definition) is 2. The summed E-state index contributed by atoms with van der Waals surface area (Å²) in [6.07, 6.45) is 11.1. The van der Waals surface area contributed by atoms with Gasteiger partial charge in [-0.1, -0.05) is 25.5 Å². The highest BCUT2D eigenvalue weighted by atomic mass is 15.0. The van der Waals surface area contributed by atoms with Gasteiger partial charge in [-0.2, -0.15) is 0 Å². The van der Waals surface area contributed by atoms with E-state index in [1.807, 2.05) is 22.9 Å². The lowest BCUT2D eigenvalue weighted by atomic mass is 9.97. The van der Waals surface area contributed by atoms with Crippen molar-refractivity contribution in [3.8, 4) is 0 Å².